The molecule has 0 saturated carbocycles. The first-order valence-electron chi connectivity index (χ1n) is 4.16. The average Bonchev–Trinajstić information content (AvgIpc) is 2.19. The zero-order chi connectivity index (χ0) is 12.3. The maximum atomic E-state index is 12.3. The van der Waals surface area contributed by atoms with E-state index >= 15 is 0 Å². The summed E-state index contributed by atoms with van der Waals surface area (Å²) in [5.41, 5.74) is -1.58. The molecule has 0 radical (unpaired) electrons. The maximum absolute atomic E-state index is 12.3. The lowest BCUT2D eigenvalue weighted by atomic mass is 10.2. The first-order chi connectivity index (χ1) is 7.34. The third-order valence-corrected chi connectivity index (χ3v) is 2.04. The van der Waals surface area contributed by atoms with Crippen molar-refractivity contribution in [1.29, 1.82) is 5.26 Å². The summed E-state index contributed by atoms with van der Waals surface area (Å²) in [5.74, 6) is 0. The summed E-state index contributed by atoms with van der Waals surface area (Å²) in [6.07, 6.45) is -3.88. The zero-order valence-corrected chi connectivity index (χ0v) is 8.59. The average molecular weight is 251 g/mol. The van der Waals surface area contributed by atoms with Crippen LogP contribution in [-0.2, 0) is 12.7 Å². The number of aromatic nitrogens is 1. The number of halogens is 4. The van der Waals surface area contributed by atoms with E-state index in [-0.39, 0.29) is 6.54 Å². The summed E-state index contributed by atoms with van der Waals surface area (Å²) >= 11 is 5.44. The van der Waals surface area contributed by atoms with Crippen LogP contribution in [0.5, 0.6) is 0 Å². The molecule has 16 heavy (non-hydrogen) atoms. The van der Waals surface area contributed by atoms with Crippen molar-refractivity contribution < 1.29 is 13.2 Å². The molecule has 0 saturated heterocycles. The van der Waals surface area contributed by atoms with Crippen LogP contribution in [0, 0.1) is 11.3 Å². The highest BCUT2D eigenvalue weighted by Crippen LogP contribution is 2.28. The fourth-order valence-electron chi connectivity index (χ4n) is 1.06. The molecule has 1 unspecified atom stereocenters. The quantitative estimate of drug-likeness (QED) is 0.754. The highest BCUT2D eigenvalue weighted by atomic mass is 35.5. The summed E-state index contributed by atoms with van der Waals surface area (Å²) in [7, 11) is 0. The van der Waals surface area contributed by atoms with Gasteiger partial charge in [-0.2, -0.15) is 18.4 Å². The number of pyridine rings is 1. The second kappa shape index (κ2) is 4.58. The molecule has 0 amide bonds. The Bertz CT molecular complexity index is 475. The van der Waals surface area contributed by atoms with E-state index in [1.807, 2.05) is 0 Å². The molecule has 0 spiro atoms. The van der Waals surface area contributed by atoms with Crippen LogP contribution in [0.1, 0.15) is 5.56 Å². The molecule has 1 rings (SSSR count). The van der Waals surface area contributed by atoms with Gasteiger partial charge in [-0.3, -0.25) is 4.79 Å². The van der Waals surface area contributed by atoms with E-state index in [1.54, 1.807) is 6.07 Å². The molecule has 0 N–H and O–H groups in total. The first kappa shape index (κ1) is 12.6. The summed E-state index contributed by atoms with van der Waals surface area (Å²) in [6, 6.07) is 3.11. The summed E-state index contributed by atoms with van der Waals surface area (Å²) in [4.78, 5) is 11.2. The van der Waals surface area contributed by atoms with Crippen molar-refractivity contribution in [3.63, 3.8) is 0 Å². The van der Waals surface area contributed by atoms with Gasteiger partial charge in [-0.25, -0.2) is 0 Å². The normalized spacial score (nSPS) is 13.2. The predicted octanol–water partition coefficient (Wildman–Crippen LogP) is 2.00. The molecule has 1 aromatic rings. The van der Waals surface area contributed by atoms with Crippen LogP contribution in [0.2, 0.25) is 0 Å². The van der Waals surface area contributed by atoms with Crippen LogP contribution in [0.3, 0.4) is 0 Å². The summed E-state index contributed by atoms with van der Waals surface area (Å²) in [5, 5.41) is 7.36. The van der Waals surface area contributed by atoms with Crippen molar-refractivity contribution in [2.75, 3.05) is 0 Å². The van der Waals surface area contributed by atoms with Gasteiger partial charge in [0.25, 0.3) is 5.56 Å². The van der Waals surface area contributed by atoms with Gasteiger partial charge in [0.2, 0.25) is 0 Å². The standard InChI is InChI=1S/C9H6ClF3N2O/c10-7(3-14)5-15-4-6(9(11,12)13)1-2-8(15)16/h1-2,4,7H,5H2. The van der Waals surface area contributed by atoms with Gasteiger partial charge < -0.3 is 4.57 Å². The van der Waals surface area contributed by atoms with Gasteiger partial charge in [0.05, 0.1) is 18.2 Å². The van der Waals surface area contributed by atoms with E-state index in [2.05, 4.69) is 0 Å². The molecule has 1 heterocycles. The molecule has 0 aromatic carbocycles. The molecule has 0 bridgehead atoms. The van der Waals surface area contributed by atoms with Gasteiger partial charge in [0, 0.05) is 12.3 Å². The summed E-state index contributed by atoms with van der Waals surface area (Å²) < 4.78 is 37.7. The predicted molar refractivity (Wildman–Crippen MR) is 51.0 cm³/mol. The fraction of sp³-hybridized carbons (Fsp3) is 0.333. The van der Waals surface area contributed by atoms with E-state index in [4.69, 9.17) is 16.9 Å². The Labute approximate surface area is 93.7 Å². The molecule has 0 fully saturated rings. The molecule has 3 nitrogen and oxygen atoms in total. The Morgan fingerprint density at radius 2 is 2.12 bits per heavy atom. The molecule has 86 valence electrons. The van der Waals surface area contributed by atoms with Crippen LogP contribution in [-0.4, -0.2) is 9.94 Å². The van der Waals surface area contributed by atoms with Crippen molar-refractivity contribution >= 4 is 11.6 Å². The van der Waals surface area contributed by atoms with Gasteiger partial charge in [0.15, 0.2) is 0 Å². The fourth-order valence-corrected chi connectivity index (χ4v) is 1.20. The topological polar surface area (TPSA) is 45.8 Å². The van der Waals surface area contributed by atoms with E-state index in [9.17, 15) is 18.0 Å². The lowest BCUT2D eigenvalue weighted by Crippen LogP contribution is -2.24. The second-order valence-corrected chi connectivity index (χ2v) is 3.53. The molecule has 1 aromatic heterocycles. The number of hydrogen-bond acceptors (Lipinski definition) is 2. The Balaban J connectivity index is 3.11. The van der Waals surface area contributed by atoms with E-state index in [0.717, 1.165) is 10.6 Å². The van der Waals surface area contributed by atoms with Gasteiger partial charge in [-0.05, 0) is 6.07 Å². The molecule has 7 heteroatoms. The molecule has 0 aliphatic rings. The zero-order valence-electron chi connectivity index (χ0n) is 7.83. The molecular formula is C9H6ClF3N2O. The molecule has 0 aliphatic heterocycles. The Hall–Kier alpha value is -1.48. The van der Waals surface area contributed by atoms with Gasteiger partial charge in [-0.1, -0.05) is 0 Å². The van der Waals surface area contributed by atoms with Gasteiger partial charge in [-0.15, -0.1) is 11.6 Å². The molecular weight excluding hydrogens is 245 g/mol. The number of nitriles is 1. The number of alkyl halides is 4. The SMILES string of the molecule is N#CC(Cl)Cn1cc(C(F)(F)F)ccc1=O. The molecule has 1 atom stereocenters. The number of nitrogens with zero attached hydrogens (tertiary/aromatic N) is 2. The van der Waals surface area contributed by atoms with E-state index < -0.39 is 22.7 Å². The number of rotatable bonds is 2. The van der Waals surface area contributed by atoms with Crippen LogP contribution < -0.4 is 5.56 Å². The van der Waals surface area contributed by atoms with Crippen LogP contribution in [0.15, 0.2) is 23.1 Å². The minimum absolute atomic E-state index is 0.277. The summed E-state index contributed by atoms with van der Waals surface area (Å²) in [6.45, 7) is -0.277. The van der Waals surface area contributed by atoms with Gasteiger partial charge >= 0.3 is 6.18 Å². The van der Waals surface area contributed by atoms with Crippen molar-refractivity contribution in [3.8, 4) is 6.07 Å². The minimum Gasteiger partial charge on any atom is -0.312 e. The molecule has 0 aliphatic carbocycles. The van der Waals surface area contributed by atoms with Crippen LogP contribution in [0.4, 0.5) is 13.2 Å². The number of hydrogen-bond donors (Lipinski definition) is 0. The minimum atomic E-state index is -4.52. The van der Waals surface area contributed by atoms with E-state index in [0.29, 0.717) is 12.3 Å². The Morgan fingerprint density at radius 1 is 1.50 bits per heavy atom. The third kappa shape index (κ3) is 3.00. The van der Waals surface area contributed by atoms with Crippen molar-refractivity contribution in [2.24, 2.45) is 0 Å². The second-order valence-electron chi connectivity index (χ2n) is 3.00. The first-order valence-corrected chi connectivity index (χ1v) is 4.59. The Morgan fingerprint density at radius 3 is 2.62 bits per heavy atom. The largest absolute Gasteiger partial charge is 0.417 e. The van der Waals surface area contributed by atoms with Crippen LogP contribution >= 0.6 is 11.6 Å². The monoisotopic (exact) mass is 250 g/mol. The third-order valence-electron chi connectivity index (χ3n) is 1.81. The smallest absolute Gasteiger partial charge is 0.312 e. The highest BCUT2D eigenvalue weighted by Gasteiger charge is 2.31. The highest BCUT2D eigenvalue weighted by molar-refractivity contribution is 6.22. The lowest BCUT2D eigenvalue weighted by molar-refractivity contribution is -0.138. The van der Waals surface area contributed by atoms with Crippen LogP contribution in [0.25, 0.3) is 0 Å². The van der Waals surface area contributed by atoms with Crippen molar-refractivity contribution in [1.82, 2.24) is 4.57 Å². The Kier molecular flexibility index (Phi) is 3.60. The lowest BCUT2D eigenvalue weighted by Gasteiger charge is -2.10. The maximum Gasteiger partial charge on any atom is 0.417 e. The van der Waals surface area contributed by atoms with Crippen molar-refractivity contribution in [2.45, 2.75) is 18.1 Å². The van der Waals surface area contributed by atoms with Gasteiger partial charge in [0.1, 0.15) is 5.38 Å². The van der Waals surface area contributed by atoms with E-state index in [1.165, 1.54) is 0 Å². The van der Waals surface area contributed by atoms with Crippen molar-refractivity contribution in [3.05, 3.63) is 34.2 Å².